The Bertz CT molecular complexity index is 598. The van der Waals surface area contributed by atoms with E-state index in [-0.39, 0.29) is 0 Å². The van der Waals surface area contributed by atoms with Crippen LogP contribution in [0.2, 0.25) is 0 Å². The summed E-state index contributed by atoms with van der Waals surface area (Å²) in [5, 5.41) is 3.34. The molecule has 3 rings (SSSR count). The molecule has 1 saturated heterocycles. The smallest absolute Gasteiger partial charge is 0.0370 e. The average molecular weight is 295 g/mol. The maximum absolute atomic E-state index is 3.34. The summed E-state index contributed by atoms with van der Waals surface area (Å²) in [5.41, 5.74) is 5.20. The predicted molar refractivity (Wildman–Crippen MR) is 96.2 cm³/mol. The molecule has 1 N–H and O–H groups in total. The molecule has 0 atom stereocenters. The lowest BCUT2D eigenvalue weighted by Crippen LogP contribution is -2.46. The molecule has 116 valence electrons. The molecule has 0 unspecified atom stereocenters. The van der Waals surface area contributed by atoms with Crippen molar-refractivity contribution in [3.8, 4) is 0 Å². The van der Waals surface area contributed by atoms with Gasteiger partial charge in [0.2, 0.25) is 0 Å². The Morgan fingerprint density at radius 2 is 1.50 bits per heavy atom. The third-order valence-electron chi connectivity index (χ3n) is 4.26. The van der Waals surface area contributed by atoms with Crippen molar-refractivity contribution in [2.24, 2.45) is 0 Å². The first-order valence-electron chi connectivity index (χ1n) is 8.17. The maximum Gasteiger partial charge on any atom is 0.0370 e. The van der Waals surface area contributed by atoms with Crippen LogP contribution < -0.4 is 15.1 Å². The summed E-state index contributed by atoms with van der Waals surface area (Å²) < 4.78 is 0. The Hall–Kier alpha value is -2.16. The van der Waals surface area contributed by atoms with E-state index >= 15 is 0 Å². The number of nitrogens with zero attached hydrogens (tertiary/aromatic N) is 2. The normalized spacial score (nSPS) is 15.0. The van der Waals surface area contributed by atoms with Gasteiger partial charge in [0.15, 0.2) is 0 Å². The van der Waals surface area contributed by atoms with Crippen LogP contribution in [0.5, 0.6) is 0 Å². The first kappa shape index (κ1) is 14.8. The zero-order chi connectivity index (χ0) is 15.4. The predicted octanol–water partition coefficient (Wildman–Crippen LogP) is 3.75. The summed E-state index contributed by atoms with van der Waals surface area (Å²) in [4.78, 5) is 4.96. The van der Waals surface area contributed by atoms with Crippen molar-refractivity contribution in [3.05, 3.63) is 54.1 Å². The zero-order valence-corrected chi connectivity index (χ0v) is 13.5. The van der Waals surface area contributed by atoms with Crippen LogP contribution >= 0.6 is 0 Å². The molecular weight excluding hydrogens is 270 g/mol. The van der Waals surface area contributed by atoms with Crippen LogP contribution in [0.25, 0.3) is 0 Å². The van der Waals surface area contributed by atoms with Crippen molar-refractivity contribution in [3.63, 3.8) is 0 Å². The molecule has 0 amide bonds. The van der Waals surface area contributed by atoms with E-state index in [1.807, 2.05) is 0 Å². The molecule has 1 aliphatic heterocycles. The minimum absolute atomic E-state index is 0.967. The third-order valence-corrected chi connectivity index (χ3v) is 4.26. The Morgan fingerprint density at radius 3 is 2.09 bits per heavy atom. The van der Waals surface area contributed by atoms with Gasteiger partial charge in [-0.3, -0.25) is 0 Å². The summed E-state index contributed by atoms with van der Waals surface area (Å²) in [6.45, 7) is 9.57. The molecule has 1 fully saturated rings. The van der Waals surface area contributed by atoms with E-state index in [1.54, 1.807) is 0 Å². The second-order valence-corrected chi connectivity index (χ2v) is 5.89. The van der Waals surface area contributed by atoms with Gasteiger partial charge in [0.25, 0.3) is 0 Å². The van der Waals surface area contributed by atoms with Gasteiger partial charge >= 0.3 is 0 Å². The summed E-state index contributed by atoms with van der Waals surface area (Å²) in [7, 11) is 0. The maximum atomic E-state index is 3.34. The number of benzene rings is 2. The summed E-state index contributed by atoms with van der Waals surface area (Å²) in [5.74, 6) is 0. The summed E-state index contributed by atoms with van der Waals surface area (Å²) in [6, 6.07) is 17.6. The molecule has 2 aromatic carbocycles. The lowest BCUT2D eigenvalue weighted by Gasteiger charge is -2.37. The number of rotatable bonds is 4. The zero-order valence-electron chi connectivity index (χ0n) is 13.5. The second kappa shape index (κ2) is 6.73. The van der Waals surface area contributed by atoms with Gasteiger partial charge in [-0.1, -0.05) is 12.1 Å². The van der Waals surface area contributed by atoms with Gasteiger partial charge in [0.05, 0.1) is 0 Å². The van der Waals surface area contributed by atoms with E-state index in [2.05, 4.69) is 77.5 Å². The summed E-state index contributed by atoms with van der Waals surface area (Å²) in [6.07, 6.45) is 0. The van der Waals surface area contributed by atoms with Crippen LogP contribution in [0, 0.1) is 6.92 Å². The quantitative estimate of drug-likeness (QED) is 0.926. The molecule has 0 radical (unpaired) electrons. The van der Waals surface area contributed by atoms with Gasteiger partial charge in [-0.15, -0.1) is 0 Å². The van der Waals surface area contributed by atoms with E-state index < -0.39 is 0 Å². The fourth-order valence-corrected chi connectivity index (χ4v) is 3.04. The monoisotopic (exact) mass is 295 g/mol. The molecule has 0 bridgehead atoms. The first-order chi connectivity index (χ1) is 10.8. The molecule has 3 nitrogen and oxygen atoms in total. The van der Waals surface area contributed by atoms with E-state index in [0.717, 1.165) is 32.7 Å². The Kier molecular flexibility index (Phi) is 4.52. The highest BCUT2D eigenvalue weighted by molar-refractivity contribution is 5.57. The van der Waals surface area contributed by atoms with E-state index in [1.165, 1.54) is 22.6 Å². The van der Waals surface area contributed by atoms with Crippen LogP contribution in [-0.4, -0.2) is 32.7 Å². The third kappa shape index (κ3) is 3.35. The van der Waals surface area contributed by atoms with Gasteiger partial charge in [0, 0.05) is 49.8 Å². The van der Waals surface area contributed by atoms with Crippen molar-refractivity contribution >= 4 is 17.1 Å². The largest absolute Gasteiger partial charge is 0.385 e. The molecule has 1 aliphatic rings. The second-order valence-electron chi connectivity index (χ2n) is 5.89. The van der Waals surface area contributed by atoms with Crippen LogP contribution in [-0.2, 0) is 0 Å². The lowest BCUT2D eigenvalue weighted by molar-refractivity contribution is 0.653. The highest BCUT2D eigenvalue weighted by atomic mass is 15.3. The van der Waals surface area contributed by atoms with Crippen LogP contribution in [0.3, 0.4) is 0 Å². The Balaban J connectivity index is 1.61. The number of nitrogens with one attached hydrogen (secondary N) is 1. The number of anilines is 3. The average Bonchev–Trinajstić information content (AvgIpc) is 2.56. The molecule has 0 aromatic heterocycles. The lowest BCUT2D eigenvalue weighted by atomic mass is 10.2. The van der Waals surface area contributed by atoms with E-state index in [9.17, 15) is 0 Å². The molecular formula is C19H25N3. The minimum atomic E-state index is 0.967. The standard InChI is InChI=1S/C19H25N3/c1-3-20-17-7-9-18(10-8-17)21-11-13-22(14-12-21)19-6-4-5-16(2)15-19/h4-10,15,20H,3,11-14H2,1-2H3. The highest BCUT2D eigenvalue weighted by Crippen LogP contribution is 2.22. The number of hydrogen-bond acceptors (Lipinski definition) is 3. The van der Waals surface area contributed by atoms with Gasteiger partial charge < -0.3 is 15.1 Å². The molecule has 0 saturated carbocycles. The first-order valence-corrected chi connectivity index (χ1v) is 8.17. The topological polar surface area (TPSA) is 18.5 Å². The van der Waals surface area contributed by atoms with Crippen molar-refractivity contribution in [2.75, 3.05) is 47.8 Å². The number of aryl methyl sites for hydroxylation is 1. The summed E-state index contributed by atoms with van der Waals surface area (Å²) >= 11 is 0. The van der Waals surface area contributed by atoms with Crippen LogP contribution in [0.1, 0.15) is 12.5 Å². The number of piperazine rings is 1. The fourth-order valence-electron chi connectivity index (χ4n) is 3.04. The Morgan fingerprint density at radius 1 is 0.864 bits per heavy atom. The van der Waals surface area contributed by atoms with E-state index in [4.69, 9.17) is 0 Å². The van der Waals surface area contributed by atoms with Gasteiger partial charge in [0.1, 0.15) is 0 Å². The SMILES string of the molecule is CCNc1ccc(N2CCN(c3cccc(C)c3)CC2)cc1. The minimum Gasteiger partial charge on any atom is -0.385 e. The Labute approximate surface area is 133 Å². The van der Waals surface area contributed by atoms with Crippen LogP contribution in [0.15, 0.2) is 48.5 Å². The van der Waals surface area contributed by atoms with Crippen molar-refractivity contribution in [1.82, 2.24) is 0 Å². The molecule has 2 aromatic rings. The molecule has 3 heteroatoms. The van der Waals surface area contributed by atoms with Gasteiger partial charge in [-0.2, -0.15) is 0 Å². The highest BCUT2D eigenvalue weighted by Gasteiger charge is 2.17. The van der Waals surface area contributed by atoms with Gasteiger partial charge in [-0.25, -0.2) is 0 Å². The van der Waals surface area contributed by atoms with Crippen molar-refractivity contribution in [1.29, 1.82) is 0 Å². The van der Waals surface area contributed by atoms with Crippen LogP contribution in [0.4, 0.5) is 17.1 Å². The molecule has 0 aliphatic carbocycles. The van der Waals surface area contributed by atoms with Gasteiger partial charge in [-0.05, 0) is 55.8 Å². The fraction of sp³-hybridized carbons (Fsp3) is 0.368. The molecule has 22 heavy (non-hydrogen) atoms. The van der Waals surface area contributed by atoms with Crippen molar-refractivity contribution < 1.29 is 0 Å². The molecule has 0 spiro atoms. The van der Waals surface area contributed by atoms with Crippen molar-refractivity contribution in [2.45, 2.75) is 13.8 Å². The molecule has 1 heterocycles. The van der Waals surface area contributed by atoms with E-state index in [0.29, 0.717) is 0 Å². The number of hydrogen-bond donors (Lipinski definition) is 1.